The van der Waals surface area contributed by atoms with Gasteiger partial charge in [-0.3, -0.25) is 4.79 Å². The Bertz CT molecular complexity index is 541. The molecule has 0 aliphatic carbocycles. The fourth-order valence-electron chi connectivity index (χ4n) is 1.31. The number of rotatable bonds is 2. The number of aromatic nitrogens is 1. The summed E-state index contributed by atoms with van der Waals surface area (Å²) in [4.78, 5) is 15.7. The third-order valence-electron chi connectivity index (χ3n) is 2.20. The smallest absolute Gasteiger partial charge is 0.256 e. The molecule has 4 N–H and O–H groups in total. The molecule has 5 heteroatoms. The number of carbonyl (C=O) groups excluding carboxylic acids is 1. The number of phenols is 1. The van der Waals surface area contributed by atoms with Crippen molar-refractivity contribution in [1.29, 1.82) is 0 Å². The lowest BCUT2D eigenvalue weighted by Crippen LogP contribution is -2.12. The van der Waals surface area contributed by atoms with E-state index in [4.69, 9.17) is 5.73 Å². The molecule has 2 aromatic rings. The SMILES string of the molecule is Nc1ccc(C(=O)Nc2ccccn2)cc1O. The number of nitrogen functional groups attached to an aromatic ring is 1. The molecule has 1 aromatic heterocycles. The molecule has 0 aliphatic heterocycles. The van der Waals surface area contributed by atoms with Gasteiger partial charge in [0.2, 0.25) is 0 Å². The van der Waals surface area contributed by atoms with Crippen LogP contribution in [0.15, 0.2) is 42.6 Å². The monoisotopic (exact) mass is 229 g/mol. The molecule has 2 rings (SSSR count). The molecule has 1 amide bonds. The zero-order chi connectivity index (χ0) is 12.3. The van der Waals surface area contributed by atoms with Gasteiger partial charge in [-0.2, -0.15) is 0 Å². The Morgan fingerprint density at radius 3 is 2.76 bits per heavy atom. The predicted octanol–water partition coefficient (Wildman–Crippen LogP) is 1.62. The number of carbonyl (C=O) groups is 1. The van der Waals surface area contributed by atoms with Crippen LogP contribution in [0.5, 0.6) is 5.75 Å². The van der Waals surface area contributed by atoms with Gasteiger partial charge in [0.15, 0.2) is 0 Å². The van der Waals surface area contributed by atoms with Crippen molar-refractivity contribution in [3.8, 4) is 5.75 Å². The number of benzene rings is 1. The maximum absolute atomic E-state index is 11.8. The zero-order valence-electron chi connectivity index (χ0n) is 8.92. The topological polar surface area (TPSA) is 88.2 Å². The highest BCUT2D eigenvalue weighted by atomic mass is 16.3. The fraction of sp³-hybridized carbons (Fsp3) is 0. The second-order valence-electron chi connectivity index (χ2n) is 3.44. The van der Waals surface area contributed by atoms with Gasteiger partial charge >= 0.3 is 0 Å². The molecular formula is C12H11N3O2. The summed E-state index contributed by atoms with van der Waals surface area (Å²) in [5.74, 6) is -0.00788. The number of amides is 1. The van der Waals surface area contributed by atoms with Gasteiger partial charge in [0.25, 0.3) is 5.91 Å². The number of phenolic OH excluding ortho intramolecular Hbond substituents is 1. The molecule has 5 nitrogen and oxygen atoms in total. The van der Waals surface area contributed by atoms with E-state index in [1.807, 2.05) is 0 Å². The summed E-state index contributed by atoms with van der Waals surface area (Å²) in [5, 5.41) is 12.0. The van der Waals surface area contributed by atoms with Crippen LogP contribution in [0, 0.1) is 0 Å². The quantitative estimate of drug-likeness (QED) is 0.539. The zero-order valence-corrected chi connectivity index (χ0v) is 8.92. The largest absolute Gasteiger partial charge is 0.506 e. The second kappa shape index (κ2) is 4.52. The highest BCUT2D eigenvalue weighted by Crippen LogP contribution is 2.21. The van der Waals surface area contributed by atoms with Crippen molar-refractivity contribution in [1.82, 2.24) is 4.98 Å². The van der Waals surface area contributed by atoms with Crippen LogP contribution >= 0.6 is 0 Å². The molecule has 1 heterocycles. The Hall–Kier alpha value is -2.56. The average molecular weight is 229 g/mol. The van der Waals surface area contributed by atoms with E-state index in [1.54, 1.807) is 24.4 Å². The van der Waals surface area contributed by atoms with Crippen LogP contribution in [-0.2, 0) is 0 Å². The summed E-state index contributed by atoms with van der Waals surface area (Å²) in [6, 6.07) is 9.52. The van der Waals surface area contributed by atoms with E-state index in [2.05, 4.69) is 10.3 Å². The van der Waals surface area contributed by atoms with Crippen molar-refractivity contribution < 1.29 is 9.90 Å². The van der Waals surface area contributed by atoms with E-state index in [0.29, 0.717) is 11.4 Å². The summed E-state index contributed by atoms with van der Waals surface area (Å²) >= 11 is 0. The minimum atomic E-state index is -0.348. The van der Waals surface area contributed by atoms with Crippen LogP contribution in [0.4, 0.5) is 11.5 Å². The van der Waals surface area contributed by atoms with Crippen LogP contribution in [0.1, 0.15) is 10.4 Å². The third-order valence-corrected chi connectivity index (χ3v) is 2.20. The Morgan fingerprint density at radius 2 is 2.12 bits per heavy atom. The van der Waals surface area contributed by atoms with Crippen molar-refractivity contribution in [2.24, 2.45) is 0 Å². The summed E-state index contributed by atoms with van der Waals surface area (Å²) in [6.07, 6.45) is 1.58. The first-order chi connectivity index (χ1) is 8.16. The van der Waals surface area contributed by atoms with Gasteiger partial charge in [0, 0.05) is 11.8 Å². The van der Waals surface area contributed by atoms with Crippen LogP contribution in [0.3, 0.4) is 0 Å². The number of hydrogen-bond acceptors (Lipinski definition) is 4. The van der Waals surface area contributed by atoms with Gasteiger partial charge in [-0.1, -0.05) is 6.07 Å². The fourth-order valence-corrected chi connectivity index (χ4v) is 1.31. The number of nitrogens with two attached hydrogens (primary N) is 1. The van der Waals surface area contributed by atoms with Gasteiger partial charge in [-0.15, -0.1) is 0 Å². The third kappa shape index (κ3) is 2.52. The standard InChI is InChI=1S/C12H11N3O2/c13-9-5-4-8(7-10(9)16)12(17)15-11-3-1-2-6-14-11/h1-7,16H,13H2,(H,14,15,17). The molecule has 0 fully saturated rings. The van der Waals surface area contributed by atoms with Gasteiger partial charge in [0.1, 0.15) is 11.6 Å². The van der Waals surface area contributed by atoms with E-state index in [1.165, 1.54) is 18.2 Å². The van der Waals surface area contributed by atoms with E-state index in [9.17, 15) is 9.90 Å². The van der Waals surface area contributed by atoms with Gasteiger partial charge in [0.05, 0.1) is 5.69 Å². The first-order valence-corrected chi connectivity index (χ1v) is 4.97. The molecule has 1 aromatic carbocycles. The molecule has 0 spiro atoms. The molecule has 0 radical (unpaired) electrons. The Labute approximate surface area is 97.9 Å². The van der Waals surface area contributed by atoms with Crippen LogP contribution < -0.4 is 11.1 Å². The van der Waals surface area contributed by atoms with E-state index >= 15 is 0 Å². The average Bonchev–Trinajstić information content (AvgIpc) is 2.34. The highest BCUT2D eigenvalue weighted by Gasteiger charge is 2.08. The highest BCUT2D eigenvalue weighted by molar-refractivity contribution is 6.04. The van der Waals surface area contributed by atoms with Crippen molar-refractivity contribution >= 4 is 17.4 Å². The molecule has 0 unspecified atom stereocenters. The lowest BCUT2D eigenvalue weighted by molar-refractivity contribution is 0.102. The number of anilines is 2. The van der Waals surface area contributed by atoms with Gasteiger partial charge in [-0.25, -0.2) is 4.98 Å². The molecular weight excluding hydrogens is 218 g/mol. The van der Waals surface area contributed by atoms with Gasteiger partial charge < -0.3 is 16.2 Å². The summed E-state index contributed by atoms with van der Waals surface area (Å²) < 4.78 is 0. The molecule has 17 heavy (non-hydrogen) atoms. The van der Waals surface area contributed by atoms with Crippen molar-refractivity contribution in [3.05, 3.63) is 48.2 Å². The van der Waals surface area contributed by atoms with Crippen molar-refractivity contribution in [2.75, 3.05) is 11.1 Å². The molecule has 0 saturated heterocycles. The minimum Gasteiger partial charge on any atom is -0.506 e. The van der Waals surface area contributed by atoms with Crippen molar-refractivity contribution in [3.63, 3.8) is 0 Å². The Morgan fingerprint density at radius 1 is 1.29 bits per heavy atom. The van der Waals surface area contributed by atoms with Gasteiger partial charge in [-0.05, 0) is 30.3 Å². The summed E-state index contributed by atoms with van der Waals surface area (Å²) in [5.41, 5.74) is 6.00. The lowest BCUT2D eigenvalue weighted by atomic mass is 10.2. The maximum atomic E-state index is 11.8. The number of nitrogens with one attached hydrogen (secondary N) is 1. The molecule has 86 valence electrons. The van der Waals surface area contributed by atoms with Crippen LogP contribution in [0.25, 0.3) is 0 Å². The first kappa shape index (κ1) is 10.9. The second-order valence-corrected chi connectivity index (χ2v) is 3.44. The summed E-state index contributed by atoms with van der Waals surface area (Å²) in [7, 11) is 0. The Kier molecular flexibility index (Phi) is 2.91. The molecule has 0 saturated carbocycles. The lowest BCUT2D eigenvalue weighted by Gasteiger charge is -2.05. The number of aromatic hydroxyl groups is 1. The number of hydrogen-bond donors (Lipinski definition) is 3. The van der Waals surface area contributed by atoms with E-state index in [0.717, 1.165) is 0 Å². The Balaban J connectivity index is 2.18. The normalized spacial score (nSPS) is 9.88. The van der Waals surface area contributed by atoms with Crippen LogP contribution in [0.2, 0.25) is 0 Å². The summed E-state index contributed by atoms with van der Waals surface area (Å²) in [6.45, 7) is 0. The first-order valence-electron chi connectivity index (χ1n) is 4.97. The van der Waals surface area contributed by atoms with E-state index < -0.39 is 0 Å². The molecule has 0 atom stereocenters. The van der Waals surface area contributed by atoms with Crippen molar-refractivity contribution in [2.45, 2.75) is 0 Å². The van der Waals surface area contributed by atoms with Crippen LogP contribution in [-0.4, -0.2) is 16.0 Å². The number of nitrogens with zero attached hydrogens (tertiary/aromatic N) is 1. The number of pyridine rings is 1. The maximum Gasteiger partial charge on any atom is 0.256 e. The minimum absolute atomic E-state index is 0.112. The predicted molar refractivity (Wildman–Crippen MR) is 64.7 cm³/mol. The molecule has 0 aliphatic rings. The van der Waals surface area contributed by atoms with E-state index in [-0.39, 0.29) is 17.3 Å². The molecule has 0 bridgehead atoms.